The molecule has 2 rings (SSSR count). The van der Waals surface area contributed by atoms with E-state index in [-0.39, 0.29) is 5.78 Å². The number of nitrogens with one attached hydrogen (secondary N) is 1. The minimum Gasteiger partial charge on any atom is -0.293 e. The van der Waals surface area contributed by atoms with Crippen molar-refractivity contribution in [3.05, 3.63) is 64.1 Å². The quantitative estimate of drug-likeness (QED) is 0.516. The smallest absolute Gasteiger partial charge is 0.208 e. The van der Waals surface area contributed by atoms with E-state index in [1.165, 1.54) is 11.8 Å². The van der Waals surface area contributed by atoms with Gasteiger partial charge in [0.05, 0.1) is 12.0 Å². The molecule has 0 bridgehead atoms. The molecular formula is C17H18BrNO3S2. The van der Waals surface area contributed by atoms with Gasteiger partial charge in [-0.05, 0) is 40.0 Å². The number of carbonyl (C=O) groups is 1. The second-order valence-corrected chi connectivity index (χ2v) is 8.96. The first-order valence-electron chi connectivity index (χ1n) is 7.29. The Morgan fingerprint density at radius 3 is 2.42 bits per heavy atom. The molecule has 1 N–H and O–H groups in total. The average molecular weight is 428 g/mol. The van der Waals surface area contributed by atoms with Gasteiger partial charge in [0.25, 0.3) is 0 Å². The molecule has 128 valence electrons. The van der Waals surface area contributed by atoms with Crippen molar-refractivity contribution in [3.8, 4) is 0 Å². The number of hydrogen-bond acceptors (Lipinski definition) is 4. The van der Waals surface area contributed by atoms with Crippen molar-refractivity contribution in [1.29, 1.82) is 0 Å². The third kappa shape index (κ3) is 6.39. The van der Waals surface area contributed by atoms with E-state index in [0.717, 1.165) is 21.2 Å². The van der Waals surface area contributed by atoms with Gasteiger partial charge in [-0.15, -0.1) is 11.8 Å². The van der Waals surface area contributed by atoms with Gasteiger partial charge in [-0.1, -0.05) is 36.4 Å². The van der Waals surface area contributed by atoms with Crippen LogP contribution in [0.25, 0.3) is 0 Å². The number of Topliss-reactive ketones (excluding diaryl/α,β-unsaturated/α-hetero) is 1. The first-order chi connectivity index (χ1) is 11.3. The van der Waals surface area contributed by atoms with Gasteiger partial charge in [-0.2, -0.15) is 0 Å². The van der Waals surface area contributed by atoms with E-state index >= 15 is 0 Å². The van der Waals surface area contributed by atoms with Crippen LogP contribution in [0.2, 0.25) is 0 Å². The minimum absolute atomic E-state index is 0.0663. The molecule has 0 aromatic heterocycles. The molecule has 0 spiro atoms. The molecule has 0 aliphatic heterocycles. The van der Waals surface area contributed by atoms with Gasteiger partial charge in [0.1, 0.15) is 0 Å². The van der Waals surface area contributed by atoms with Gasteiger partial charge in [0.15, 0.2) is 5.78 Å². The van der Waals surface area contributed by atoms with Crippen LogP contribution in [0, 0.1) is 0 Å². The zero-order valence-corrected chi connectivity index (χ0v) is 16.4. The van der Waals surface area contributed by atoms with E-state index in [1.54, 1.807) is 12.1 Å². The summed E-state index contributed by atoms with van der Waals surface area (Å²) in [6.07, 6.45) is 1.73. The summed E-state index contributed by atoms with van der Waals surface area (Å²) >= 11 is 4.97. The fourth-order valence-corrected chi connectivity index (χ4v) is 3.96. The first-order valence-corrected chi connectivity index (χ1v) is 11.0. The monoisotopic (exact) mass is 427 g/mol. The zero-order chi connectivity index (χ0) is 17.6. The van der Waals surface area contributed by atoms with Crippen LogP contribution in [0.4, 0.5) is 0 Å². The predicted molar refractivity (Wildman–Crippen MR) is 102 cm³/mol. The zero-order valence-electron chi connectivity index (χ0n) is 13.2. The Labute approximate surface area is 155 Å². The highest BCUT2D eigenvalue weighted by molar-refractivity contribution is 9.10. The maximum atomic E-state index is 12.3. The standard InChI is InChI=1S/C17H18BrNO3S2/c1-24(21,22)19-11-10-13-6-8-14(9-7-13)16(20)12-23-17-5-3-2-4-15(17)18/h2-9,19H,10-12H2,1H3. The Bertz CT molecular complexity index is 805. The Hall–Kier alpha value is -1.15. The van der Waals surface area contributed by atoms with Crippen LogP contribution in [0.15, 0.2) is 57.9 Å². The number of sulfonamides is 1. The topological polar surface area (TPSA) is 63.2 Å². The molecule has 0 aliphatic carbocycles. The van der Waals surface area contributed by atoms with Crippen LogP contribution < -0.4 is 4.72 Å². The number of rotatable bonds is 8. The lowest BCUT2D eigenvalue weighted by Crippen LogP contribution is -2.24. The van der Waals surface area contributed by atoms with E-state index in [1.807, 2.05) is 36.4 Å². The predicted octanol–water partition coefficient (Wildman–Crippen LogP) is 3.52. The molecule has 7 heteroatoms. The normalized spacial score (nSPS) is 11.4. The average Bonchev–Trinajstić information content (AvgIpc) is 2.53. The molecule has 0 radical (unpaired) electrons. The van der Waals surface area contributed by atoms with Crippen molar-refractivity contribution in [2.45, 2.75) is 11.3 Å². The van der Waals surface area contributed by atoms with Gasteiger partial charge in [0.2, 0.25) is 10.0 Å². The highest BCUT2D eigenvalue weighted by Crippen LogP contribution is 2.27. The summed E-state index contributed by atoms with van der Waals surface area (Å²) in [5.74, 6) is 0.439. The molecule has 4 nitrogen and oxygen atoms in total. The summed E-state index contributed by atoms with van der Waals surface area (Å²) in [4.78, 5) is 13.3. The van der Waals surface area contributed by atoms with E-state index in [4.69, 9.17) is 0 Å². The van der Waals surface area contributed by atoms with Gasteiger partial charge >= 0.3 is 0 Å². The number of ketones is 1. The summed E-state index contributed by atoms with van der Waals surface area (Å²) < 4.78 is 25.5. The van der Waals surface area contributed by atoms with Crippen molar-refractivity contribution >= 4 is 43.5 Å². The van der Waals surface area contributed by atoms with Crippen LogP contribution in [0.3, 0.4) is 0 Å². The molecule has 0 aliphatic rings. The van der Waals surface area contributed by atoms with Crippen molar-refractivity contribution in [2.24, 2.45) is 0 Å². The largest absolute Gasteiger partial charge is 0.293 e. The summed E-state index contributed by atoms with van der Waals surface area (Å²) in [5.41, 5.74) is 1.65. The van der Waals surface area contributed by atoms with Crippen molar-refractivity contribution in [3.63, 3.8) is 0 Å². The van der Waals surface area contributed by atoms with Gasteiger partial charge < -0.3 is 0 Å². The van der Waals surface area contributed by atoms with E-state index in [9.17, 15) is 13.2 Å². The fourth-order valence-electron chi connectivity index (χ4n) is 2.03. The van der Waals surface area contributed by atoms with Gasteiger partial charge in [-0.25, -0.2) is 13.1 Å². The van der Waals surface area contributed by atoms with Gasteiger partial charge in [-0.3, -0.25) is 4.79 Å². The lowest BCUT2D eigenvalue weighted by molar-refractivity contribution is 0.102. The number of benzene rings is 2. The summed E-state index contributed by atoms with van der Waals surface area (Å²) in [6, 6.07) is 15.1. The Balaban J connectivity index is 1.88. The van der Waals surface area contributed by atoms with Crippen LogP contribution in [-0.4, -0.2) is 32.8 Å². The molecular weight excluding hydrogens is 410 g/mol. The molecule has 0 heterocycles. The highest BCUT2D eigenvalue weighted by atomic mass is 79.9. The maximum absolute atomic E-state index is 12.3. The number of halogens is 1. The summed E-state index contributed by atoms with van der Waals surface area (Å²) in [5, 5.41) is 0. The second kappa shape index (κ2) is 8.80. The van der Waals surface area contributed by atoms with Crippen LogP contribution in [0.1, 0.15) is 15.9 Å². The molecule has 0 fully saturated rings. The molecule has 0 amide bonds. The van der Waals surface area contributed by atoms with E-state index < -0.39 is 10.0 Å². The second-order valence-electron chi connectivity index (χ2n) is 5.26. The van der Waals surface area contributed by atoms with Crippen LogP contribution >= 0.6 is 27.7 Å². The summed E-state index contributed by atoms with van der Waals surface area (Å²) in [7, 11) is -3.16. The lowest BCUT2D eigenvalue weighted by atomic mass is 10.1. The lowest BCUT2D eigenvalue weighted by Gasteiger charge is -2.06. The SMILES string of the molecule is CS(=O)(=O)NCCc1ccc(C(=O)CSc2ccccc2Br)cc1. The molecule has 24 heavy (non-hydrogen) atoms. The Morgan fingerprint density at radius 1 is 1.12 bits per heavy atom. The van der Waals surface area contributed by atoms with Crippen LogP contribution in [-0.2, 0) is 16.4 Å². The molecule has 0 unspecified atom stereocenters. The van der Waals surface area contributed by atoms with E-state index in [0.29, 0.717) is 24.3 Å². The molecule has 2 aromatic rings. The minimum atomic E-state index is -3.16. The molecule has 0 saturated carbocycles. The van der Waals surface area contributed by atoms with E-state index in [2.05, 4.69) is 20.7 Å². The third-order valence-corrected chi connectivity index (χ3v) is 6.01. The Kier molecular flexibility index (Phi) is 7.03. The summed E-state index contributed by atoms with van der Waals surface area (Å²) in [6.45, 7) is 0.351. The fraction of sp³-hybridized carbons (Fsp3) is 0.235. The number of carbonyl (C=O) groups excluding carboxylic acids is 1. The van der Waals surface area contributed by atoms with Gasteiger partial charge in [0, 0.05) is 21.5 Å². The molecule has 2 aromatic carbocycles. The maximum Gasteiger partial charge on any atom is 0.208 e. The number of thioether (sulfide) groups is 1. The molecule has 0 saturated heterocycles. The first kappa shape index (κ1) is 19.2. The van der Waals surface area contributed by atoms with Crippen molar-refractivity contribution in [1.82, 2.24) is 4.72 Å². The Morgan fingerprint density at radius 2 is 1.79 bits per heavy atom. The van der Waals surface area contributed by atoms with Crippen molar-refractivity contribution in [2.75, 3.05) is 18.6 Å². The van der Waals surface area contributed by atoms with Crippen molar-refractivity contribution < 1.29 is 13.2 Å². The highest BCUT2D eigenvalue weighted by Gasteiger charge is 2.08. The van der Waals surface area contributed by atoms with Crippen LogP contribution in [0.5, 0.6) is 0 Å². The molecule has 0 atom stereocenters. The third-order valence-electron chi connectivity index (χ3n) is 3.25. The number of hydrogen-bond donors (Lipinski definition) is 1.